The Morgan fingerprint density at radius 1 is 0.833 bits per heavy atom. The standard InChI is InChI=1S/C14H15F7N2O/c1-11(12(2,15)16,13(3,17)18)23-10(24)22-9-6-4-8(5-7-9)14(19,20)21/h4-7H,1-3H3,(H2,22,23,24). The lowest BCUT2D eigenvalue weighted by Crippen LogP contribution is -2.67. The second kappa shape index (κ2) is 6.14. The van der Waals surface area contributed by atoms with Crippen LogP contribution >= 0.6 is 0 Å². The second-order valence-electron chi connectivity index (χ2n) is 5.56. The molecular formula is C14H15F7N2O. The smallest absolute Gasteiger partial charge is 0.321 e. The van der Waals surface area contributed by atoms with Gasteiger partial charge in [0, 0.05) is 19.5 Å². The fourth-order valence-electron chi connectivity index (χ4n) is 1.74. The number of nitrogens with one attached hydrogen (secondary N) is 2. The number of hydrogen-bond acceptors (Lipinski definition) is 1. The molecule has 1 aromatic carbocycles. The maximum absolute atomic E-state index is 13.5. The van der Waals surface area contributed by atoms with Gasteiger partial charge in [0.2, 0.25) is 0 Å². The van der Waals surface area contributed by atoms with E-state index in [1.807, 2.05) is 5.32 Å². The largest absolute Gasteiger partial charge is 0.416 e. The van der Waals surface area contributed by atoms with Crippen molar-refractivity contribution in [2.75, 3.05) is 5.32 Å². The molecule has 0 radical (unpaired) electrons. The molecule has 0 saturated carbocycles. The Kier molecular flexibility index (Phi) is 5.12. The Hall–Kier alpha value is -2.00. The van der Waals surface area contributed by atoms with Crippen LogP contribution in [0.2, 0.25) is 0 Å². The Labute approximate surface area is 133 Å². The molecule has 0 aliphatic rings. The van der Waals surface area contributed by atoms with Gasteiger partial charge in [0.1, 0.15) is 0 Å². The SMILES string of the molecule is CC(F)(F)C(C)(NC(=O)Nc1ccc(C(F)(F)F)cc1)C(C)(F)F. The minimum absolute atomic E-state index is 0.179. The van der Waals surface area contributed by atoms with Crippen LogP contribution in [0.1, 0.15) is 26.3 Å². The fourth-order valence-corrected chi connectivity index (χ4v) is 1.74. The lowest BCUT2D eigenvalue weighted by Gasteiger charge is -2.40. The quantitative estimate of drug-likeness (QED) is 0.737. The summed E-state index contributed by atoms with van der Waals surface area (Å²) in [5.74, 6) is -7.94. The normalized spacial score (nSPS) is 13.6. The molecule has 2 N–H and O–H groups in total. The Balaban J connectivity index is 2.92. The van der Waals surface area contributed by atoms with Crippen molar-refractivity contribution >= 4 is 11.7 Å². The molecule has 0 bridgehead atoms. The van der Waals surface area contributed by atoms with Crippen molar-refractivity contribution < 1.29 is 35.5 Å². The summed E-state index contributed by atoms with van der Waals surface area (Å²) < 4.78 is 91.2. The van der Waals surface area contributed by atoms with Crippen molar-refractivity contribution in [3.63, 3.8) is 0 Å². The van der Waals surface area contributed by atoms with Crippen molar-refractivity contribution in [2.24, 2.45) is 0 Å². The molecule has 1 rings (SSSR count). The Bertz CT molecular complexity index is 571. The van der Waals surface area contributed by atoms with Crippen molar-refractivity contribution in [3.8, 4) is 0 Å². The van der Waals surface area contributed by atoms with Crippen LogP contribution in [0.4, 0.5) is 41.2 Å². The lowest BCUT2D eigenvalue weighted by atomic mass is 9.88. The summed E-state index contributed by atoms with van der Waals surface area (Å²) in [7, 11) is 0. The summed E-state index contributed by atoms with van der Waals surface area (Å²) >= 11 is 0. The van der Waals surface area contributed by atoms with Crippen molar-refractivity contribution in [3.05, 3.63) is 29.8 Å². The molecule has 24 heavy (non-hydrogen) atoms. The molecule has 2 amide bonds. The molecular weight excluding hydrogens is 345 g/mol. The van der Waals surface area contributed by atoms with E-state index in [9.17, 15) is 35.5 Å². The summed E-state index contributed by atoms with van der Waals surface area (Å²) in [5.41, 5.74) is -4.36. The van der Waals surface area contributed by atoms with Gasteiger partial charge in [-0.15, -0.1) is 0 Å². The topological polar surface area (TPSA) is 41.1 Å². The van der Waals surface area contributed by atoms with E-state index in [1.54, 1.807) is 0 Å². The number of alkyl halides is 7. The first-order chi connectivity index (χ1) is 10.6. The summed E-state index contributed by atoms with van der Waals surface area (Å²) in [6, 6.07) is 1.64. The molecule has 0 aromatic heterocycles. The molecule has 10 heteroatoms. The van der Waals surface area contributed by atoms with E-state index in [2.05, 4.69) is 0 Å². The van der Waals surface area contributed by atoms with Crippen LogP contribution in [0.15, 0.2) is 24.3 Å². The first-order valence-electron chi connectivity index (χ1n) is 6.60. The number of carbonyl (C=O) groups excluding carboxylic acids is 1. The van der Waals surface area contributed by atoms with E-state index in [0.29, 0.717) is 19.1 Å². The number of hydrogen-bond donors (Lipinski definition) is 2. The molecule has 0 saturated heterocycles. The van der Waals surface area contributed by atoms with E-state index in [4.69, 9.17) is 0 Å². The van der Waals surface area contributed by atoms with Gasteiger partial charge in [-0.1, -0.05) is 0 Å². The fraction of sp³-hybridized carbons (Fsp3) is 0.500. The molecule has 3 nitrogen and oxygen atoms in total. The highest BCUT2D eigenvalue weighted by Crippen LogP contribution is 2.40. The highest BCUT2D eigenvalue weighted by Gasteiger charge is 2.61. The van der Waals surface area contributed by atoms with Gasteiger partial charge in [0.25, 0.3) is 11.8 Å². The van der Waals surface area contributed by atoms with Crippen LogP contribution in [0, 0.1) is 0 Å². The van der Waals surface area contributed by atoms with Gasteiger partial charge in [-0.3, -0.25) is 0 Å². The zero-order valence-corrected chi connectivity index (χ0v) is 12.9. The Morgan fingerprint density at radius 2 is 1.25 bits per heavy atom. The molecule has 0 aliphatic heterocycles. The molecule has 0 unspecified atom stereocenters. The minimum Gasteiger partial charge on any atom is -0.321 e. The zero-order valence-electron chi connectivity index (χ0n) is 12.9. The van der Waals surface area contributed by atoms with E-state index >= 15 is 0 Å². The number of amides is 2. The molecule has 0 atom stereocenters. The highest BCUT2D eigenvalue weighted by atomic mass is 19.4. The van der Waals surface area contributed by atoms with E-state index < -0.39 is 35.2 Å². The predicted octanol–water partition coefficient (Wildman–Crippen LogP) is 4.90. The second-order valence-corrected chi connectivity index (χ2v) is 5.56. The monoisotopic (exact) mass is 360 g/mol. The van der Waals surface area contributed by atoms with Gasteiger partial charge in [0.15, 0.2) is 5.54 Å². The van der Waals surface area contributed by atoms with E-state index in [-0.39, 0.29) is 19.5 Å². The molecule has 0 heterocycles. The lowest BCUT2D eigenvalue weighted by molar-refractivity contribution is -0.173. The predicted molar refractivity (Wildman–Crippen MR) is 73.2 cm³/mol. The van der Waals surface area contributed by atoms with Gasteiger partial charge < -0.3 is 10.6 Å². The molecule has 136 valence electrons. The summed E-state index contributed by atoms with van der Waals surface area (Å²) in [6.07, 6.45) is -4.59. The first kappa shape index (κ1) is 20.0. The third-order valence-electron chi connectivity index (χ3n) is 3.59. The van der Waals surface area contributed by atoms with E-state index in [0.717, 1.165) is 12.1 Å². The van der Waals surface area contributed by atoms with Crippen molar-refractivity contribution in [1.82, 2.24) is 5.32 Å². The van der Waals surface area contributed by atoms with Crippen LogP contribution in [-0.2, 0) is 6.18 Å². The van der Waals surface area contributed by atoms with Gasteiger partial charge in [-0.2, -0.15) is 13.2 Å². The van der Waals surface area contributed by atoms with Crippen LogP contribution in [0.5, 0.6) is 0 Å². The number of carbonyl (C=O) groups is 1. The molecule has 0 spiro atoms. The third kappa shape index (κ3) is 4.30. The maximum Gasteiger partial charge on any atom is 0.416 e. The number of urea groups is 1. The Morgan fingerprint density at radius 3 is 1.58 bits per heavy atom. The summed E-state index contributed by atoms with van der Waals surface area (Å²) in [5, 5.41) is 3.43. The summed E-state index contributed by atoms with van der Waals surface area (Å²) in [4.78, 5) is 11.7. The van der Waals surface area contributed by atoms with Crippen molar-refractivity contribution in [1.29, 1.82) is 0 Å². The maximum atomic E-state index is 13.5. The number of anilines is 1. The summed E-state index contributed by atoms with van der Waals surface area (Å²) in [6.45, 7) is 0.922. The van der Waals surface area contributed by atoms with Crippen LogP contribution < -0.4 is 10.6 Å². The number of benzene rings is 1. The van der Waals surface area contributed by atoms with Crippen molar-refractivity contribution in [2.45, 2.75) is 44.3 Å². The van der Waals surface area contributed by atoms with Gasteiger partial charge in [0.05, 0.1) is 5.56 Å². The van der Waals surface area contributed by atoms with Gasteiger partial charge in [-0.25, -0.2) is 22.4 Å². The zero-order chi connectivity index (χ0) is 19.0. The molecule has 0 fully saturated rings. The van der Waals surface area contributed by atoms with Gasteiger partial charge in [-0.05, 0) is 31.2 Å². The highest BCUT2D eigenvalue weighted by molar-refractivity contribution is 5.90. The minimum atomic E-state index is -4.59. The van der Waals surface area contributed by atoms with E-state index in [1.165, 1.54) is 5.32 Å². The first-order valence-corrected chi connectivity index (χ1v) is 6.60. The third-order valence-corrected chi connectivity index (χ3v) is 3.59. The number of halogens is 7. The van der Waals surface area contributed by atoms with Crippen LogP contribution in [-0.4, -0.2) is 23.4 Å². The molecule has 1 aromatic rings. The average molecular weight is 360 g/mol. The molecule has 0 aliphatic carbocycles. The number of rotatable bonds is 4. The van der Waals surface area contributed by atoms with Crippen LogP contribution in [0.25, 0.3) is 0 Å². The van der Waals surface area contributed by atoms with Crippen LogP contribution in [0.3, 0.4) is 0 Å². The average Bonchev–Trinajstić information content (AvgIpc) is 2.35. The van der Waals surface area contributed by atoms with Gasteiger partial charge >= 0.3 is 12.2 Å².